The van der Waals surface area contributed by atoms with Crippen LogP contribution in [0.5, 0.6) is 0 Å². The first-order valence-corrected chi connectivity index (χ1v) is 10.1. The molecular formula is C22H16FNO3S. The quantitative estimate of drug-likeness (QED) is 0.624. The fraction of sp³-hybridized carbons (Fsp3) is 0.0455. The van der Waals surface area contributed by atoms with E-state index >= 15 is 0 Å². The zero-order chi connectivity index (χ0) is 19.7. The Morgan fingerprint density at radius 3 is 2.21 bits per heavy atom. The molecule has 6 heteroatoms. The molecule has 0 radical (unpaired) electrons. The number of halogens is 1. The third-order valence-electron chi connectivity index (χ3n) is 4.57. The van der Waals surface area contributed by atoms with Gasteiger partial charge in [-0.05, 0) is 48.0 Å². The molecule has 3 aromatic rings. The molecule has 0 saturated carbocycles. The van der Waals surface area contributed by atoms with Crippen LogP contribution in [0.1, 0.15) is 15.9 Å². The Labute approximate surface area is 162 Å². The van der Waals surface area contributed by atoms with Crippen molar-refractivity contribution in [1.82, 2.24) is 0 Å². The van der Waals surface area contributed by atoms with Gasteiger partial charge in [-0.2, -0.15) is 0 Å². The highest BCUT2D eigenvalue weighted by Gasteiger charge is 2.34. The van der Waals surface area contributed by atoms with Crippen molar-refractivity contribution in [3.63, 3.8) is 0 Å². The third-order valence-corrected chi connectivity index (χ3v) is 6.34. The van der Waals surface area contributed by atoms with Gasteiger partial charge in [-0.1, -0.05) is 42.5 Å². The molecule has 1 aliphatic heterocycles. The fourth-order valence-corrected chi connectivity index (χ4v) is 4.64. The summed E-state index contributed by atoms with van der Waals surface area (Å²) in [4.78, 5) is 12.9. The Bertz CT molecular complexity index is 1170. The SMILES string of the molecule is O=C1/C(=C/c2ccccc2)CN(S(=O)(=O)c2ccc(F)cc2)c2ccccc21. The summed E-state index contributed by atoms with van der Waals surface area (Å²) in [5.74, 6) is -0.720. The number of Topliss-reactive ketones (excluding diaryl/α,β-unsaturated/α-hetero) is 1. The molecular weight excluding hydrogens is 377 g/mol. The molecule has 140 valence electrons. The van der Waals surface area contributed by atoms with Crippen LogP contribution in [0.4, 0.5) is 10.1 Å². The van der Waals surface area contributed by atoms with Gasteiger partial charge in [0.05, 0.1) is 17.1 Å². The highest BCUT2D eigenvalue weighted by Crippen LogP contribution is 2.34. The van der Waals surface area contributed by atoms with E-state index in [0.29, 0.717) is 16.8 Å². The van der Waals surface area contributed by atoms with E-state index in [1.807, 2.05) is 30.3 Å². The molecule has 0 aromatic heterocycles. The molecule has 0 spiro atoms. The molecule has 0 amide bonds. The van der Waals surface area contributed by atoms with Crippen LogP contribution in [0.15, 0.2) is 89.3 Å². The molecule has 28 heavy (non-hydrogen) atoms. The number of benzene rings is 3. The van der Waals surface area contributed by atoms with Crippen LogP contribution < -0.4 is 4.31 Å². The minimum atomic E-state index is -3.97. The third kappa shape index (κ3) is 3.23. The van der Waals surface area contributed by atoms with Gasteiger partial charge in [-0.15, -0.1) is 0 Å². The Morgan fingerprint density at radius 2 is 1.50 bits per heavy atom. The minimum Gasteiger partial charge on any atom is -0.289 e. The van der Waals surface area contributed by atoms with Gasteiger partial charge in [0.15, 0.2) is 5.78 Å². The average Bonchev–Trinajstić information content (AvgIpc) is 2.71. The van der Waals surface area contributed by atoms with E-state index < -0.39 is 15.8 Å². The van der Waals surface area contributed by atoms with Crippen LogP contribution in [-0.2, 0) is 10.0 Å². The zero-order valence-electron chi connectivity index (χ0n) is 14.7. The molecule has 4 nitrogen and oxygen atoms in total. The van der Waals surface area contributed by atoms with Crippen molar-refractivity contribution < 1.29 is 17.6 Å². The van der Waals surface area contributed by atoms with Gasteiger partial charge in [0.2, 0.25) is 0 Å². The number of ketones is 1. The summed E-state index contributed by atoms with van der Waals surface area (Å²) in [5.41, 5.74) is 1.82. The Hall–Kier alpha value is -3.25. The summed E-state index contributed by atoms with van der Waals surface area (Å²) < 4.78 is 40.9. The number of nitrogens with zero attached hydrogens (tertiary/aromatic N) is 1. The lowest BCUT2D eigenvalue weighted by atomic mass is 9.96. The maximum absolute atomic E-state index is 13.2. The van der Waals surface area contributed by atoms with Gasteiger partial charge < -0.3 is 0 Å². The van der Waals surface area contributed by atoms with Crippen LogP contribution in [0.2, 0.25) is 0 Å². The average molecular weight is 393 g/mol. The topological polar surface area (TPSA) is 54.5 Å². The number of carbonyl (C=O) groups is 1. The van der Waals surface area contributed by atoms with E-state index in [9.17, 15) is 17.6 Å². The van der Waals surface area contributed by atoms with E-state index in [4.69, 9.17) is 0 Å². The number of hydrogen-bond donors (Lipinski definition) is 0. The summed E-state index contributed by atoms with van der Waals surface area (Å²) in [7, 11) is -3.97. The molecule has 0 bridgehead atoms. The Balaban J connectivity index is 1.85. The number of sulfonamides is 1. The largest absolute Gasteiger partial charge is 0.289 e. The first-order chi connectivity index (χ1) is 13.5. The monoisotopic (exact) mass is 393 g/mol. The molecule has 0 saturated heterocycles. The van der Waals surface area contributed by atoms with Crippen LogP contribution in [0, 0.1) is 5.82 Å². The number of fused-ring (bicyclic) bond motifs is 1. The Morgan fingerprint density at radius 1 is 0.857 bits per heavy atom. The molecule has 0 aliphatic carbocycles. The number of hydrogen-bond acceptors (Lipinski definition) is 3. The second kappa shape index (κ2) is 7.05. The fourth-order valence-electron chi connectivity index (χ4n) is 3.18. The number of carbonyl (C=O) groups excluding carboxylic acids is 1. The van der Waals surface area contributed by atoms with E-state index in [2.05, 4.69) is 0 Å². The predicted molar refractivity (Wildman–Crippen MR) is 106 cm³/mol. The van der Waals surface area contributed by atoms with Gasteiger partial charge >= 0.3 is 0 Å². The molecule has 0 unspecified atom stereocenters. The maximum atomic E-state index is 13.2. The second-order valence-electron chi connectivity index (χ2n) is 6.39. The van der Waals surface area contributed by atoms with Crippen molar-refractivity contribution in [3.05, 3.63) is 101 Å². The number of anilines is 1. The van der Waals surface area contributed by atoms with Crippen LogP contribution in [0.3, 0.4) is 0 Å². The van der Waals surface area contributed by atoms with Crippen LogP contribution >= 0.6 is 0 Å². The van der Waals surface area contributed by atoms with E-state index in [-0.39, 0.29) is 17.2 Å². The summed E-state index contributed by atoms with van der Waals surface area (Å²) in [6, 6.07) is 20.5. The van der Waals surface area contributed by atoms with Gasteiger partial charge in [0, 0.05) is 11.1 Å². The molecule has 1 aliphatic rings. The summed E-state index contributed by atoms with van der Waals surface area (Å²) >= 11 is 0. The molecule has 0 N–H and O–H groups in total. The lowest BCUT2D eigenvalue weighted by molar-refractivity contribution is 0.103. The maximum Gasteiger partial charge on any atom is 0.264 e. The predicted octanol–water partition coefficient (Wildman–Crippen LogP) is 4.30. The highest BCUT2D eigenvalue weighted by atomic mass is 32.2. The van der Waals surface area contributed by atoms with Gasteiger partial charge in [0.1, 0.15) is 5.82 Å². The highest BCUT2D eigenvalue weighted by molar-refractivity contribution is 7.92. The van der Waals surface area contributed by atoms with E-state index in [1.165, 1.54) is 16.4 Å². The lowest BCUT2D eigenvalue weighted by Crippen LogP contribution is -2.38. The van der Waals surface area contributed by atoms with Crippen molar-refractivity contribution in [1.29, 1.82) is 0 Å². The molecule has 3 aromatic carbocycles. The van der Waals surface area contributed by atoms with Gasteiger partial charge in [-0.3, -0.25) is 9.10 Å². The summed E-state index contributed by atoms with van der Waals surface area (Å²) in [5, 5.41) is 0. The normalized spacial score (nSPS) is 15.5. The number of para-hydroxylation sites is 1. The van der Waals surface area contributed by atoms with E-state index in [1.54, 1.807) is 30.3 Å². The molecule has 1 heterocycles. The molecule has 0 atom stereocenters. The van der Waals surface area contributed by atoms with E-state index in [0.717, 1.165) is 17.7 Å². The standard InChI is InChI=1S/C22H16FNO3S/c23-18-10-12-19(13-11-18)28(26,27)24-15-17(14-16-6-2-1-3-7-16)22(25)20-8-4-5-9-21(20)24/h1-14H,15H2/b17-14+. The van der Waals surface area contributed by atoms with Crippen molar-refractivity contribution in [3.8, 4) is 0 Å². The smallest absolute Gasteiger partial charge is 0.264 e. The van der Waals surface area contributed by atoms with Crippen LogP contribution in [0.25, 0.3) is 6.08 Å². The molecule has 4 rings (SSSR count). The second-order valence-corrected chi connectivity index (χ2v) is 8.25. The number of rotatable bonds is 3. The van der Waals surface area contributed by atoms with Gasteiger partial charge in [0.25, 0.3) is 10.0 Å². The van der Waals surface area contributed by atoms with Crippen LogP contribution in [-0.4, -0.2) is 20.7 Å². The van der Waals surface area contributed by atoms with Crippen molar-refractivity contribution in [2.75, 3.05) is 10.8 Å². The summed E-state index contributed by atoms with van der Waals surface area (Å²) in [6.07, 6.45) is 1.70. The first-order valence-electron chi connectivity index (χ1n) is 8.64. The first kappa shape index (κ1) is 18.1. The lowest BCUT2D eigenvalue weighted by Gasteiger charge is -2.31. The summed E-state index contributed by atoms with van der Waals surface area (Å²) in [6.45, 7) is -0.0928. The molecule has 0 fully saturated rings. The Kier molecular flexibility index (Phi) is 4.57. The minimum absolute atomic E-state index is 0.0305. The van der Waals surface area contributed by atoms with Crippen molar-refractivity contribution in [2.24, 2.45) is 0 Å². The van der Waals surface area contributed by atoms with Crippen molar-refractivity contribution >= 4 is 27.6 Å². The van der Waals surface area contributed by atoms with Gasteiger partial charge in [-0.25, -0.2) is 12.8 Å². The zero-order valence-corrected chi connectivity index (χ0v) is 15.6. The van der Waals surface area contributed by atoms with Crippen molar-refractivity contribution in [2.45, 2.75) is 4.90 Å².